The van der Waals surface area contributed by atoms with E-state index in [1.807, 2.05) is 37.9 Å². The third-order valence-corrected chi connectivity index (χ3v) is 4.31. The summed E-state index contributed by atoms with van der Waals surface area (Å²) in [7, 11) is 0. The molecule has 1 aliphatic rings. The van der Waals surface area contributed by atoms with E-state index in [9.17, 15) is 4.79 Å². The van der Waals surface area contributed by atoms with Gasteiger partial charge in [0.25, 0.3) is 0 Å². The van der Waals surface area contributed by atoms with Crippen LogP contribution in [0.1, 0.15) is 45.7 Å². The molecule has 1 saturated heterocycles. The van der Waals surface area contributed by atoms with Gasteiger partial charge in [0.15, 0.2) is 0 Å². The number of rotatable bonds is 6. The van der Waals surface area contributed by atoms with Crippen LogP contribution in [-0.4, -0.2) is 65.7 Å². The highest BCUT2D eigenvalue weighted by Gasteiger charge is 2.25. The number of pyridine rings is 1. The molecule has 2 heterocycles. The average molecular weight is 348 g/mol. The fourth-order valence-corrected chi connectivity index (χ4v) is 2.85. The molecule has 1 unspecified atom stereocenters. The van der Waals surface area contributed by atoms with E-state index in [4.69, 9.17) is 4.74 Å². The Morgan fingerprint density at radius 2 is 2.04 bits per heavy atom. The minimum absolute atomic E-state index is 0.195. The van der Waals surface area contributed by atoms with Crippen LogP contribution < -0.4 is 5.32 Å². The molecule has 140 valence electrons. The zero-order valence-electron chi connectivity index (χ0n) is 16.0. The van der Waals surface area contributed by atoms with Crippen LogP contribution in [0.3, 0.4) is 0 Å². The maximum absolute atomic E-state index is 12.1. The monoisotopic (exact) mass is 348 g/mol. The first-order chi connectivity index (χ1) is 11.8. The first kappa shape index (κ1) is 19.7. The Morgan fingerprint density at radius 3 is 2.64 bits per heavy atom. The lowest BCUT2D eigenvalue weighted by atomic mass is 10.1. The summed E-state index contributed by atoms with van der Waals surface area (Å²) in [5.74, 6) is 0. The summed E-state index contributed by atoms with van der Waals surface area (Å²) in [4.78, 5) is 20.4. The lowest BCUT2D eigenvalue weighted by Gasteiger charge is -2.35. The third-order valence-electron chi connectivity index (χ3n) is 4.31. The van der Waals surface area contributed by atoms with Gasteiger partial charge in [-0.25, -0.2) is 4.79 Å². The summed E-state index contributed by atoms with van der Waals surface area (Å²) in [6.07, 6.45) is 4.61. The highest BCUT2D eigenvalue weighted by atomic mass is 16.6. The molecule has 2 rings (SSSR count). The topological polar surface area (TPSA) is 57.7 Å². The highest BCUT2D eigenvalue weighted by molar-refractivity contribution is 5.68. The summed E-state index contributed by atoms with van der Waals surface area (Å²) in [5, 5.41) is 3.54. The van der Waals surface area contributed by atoms with E-state index in [1.165, 1.54) is 5.56 Å². The number of piperazine rings is 1. The summed E-state index contributed by atoms with van der Waals surface area (Å²) in [6.45, 7) is 13.2. The van der Waals surface area contributed by atoms with Crippen molar-refractivity contribution in [3.63, 3.8) is 0 Å². The van der Waals surface area contributed by atoms with Crippen molar-refractivity contribution in [1.29, 1.82) is 0 Å². The zero-order chi connectivity index (χ0) is 18.3. The molecule has 1 amide bonds. The predicted octanol–water partition coefficient (Wildman–Crippen LogP) is 2.67. The number of carbonyl (C=O) groups is 1. The third kappa shape index (κ3) is 7.00. The Bertz CT molecular complexity index is 522. The summed E-state index contributed by atoms with van der Waals surface area (Å²) in [5.41, 5.74) is 0.790. The van der Waals surface area contributed by atoms with Gasteiger partial charge < -0.3 is 15.0 Å². The molecule has 1 aromatic heterocycles. The highest BCUT2D eigenvalue weighted by Crippen LogP contribution is 2.12. The van der Waals surface area contributed by atoms with E-state index >= 15 is 0 Å². The molecule has 1 atom stereocenters. The van der Waals surface area contributed by atoms with Crippen molar-refractivity contribution in [3.05, 3.63) is 30.1 Å². The molecule has 0 aliphatic carbocycles. The van der Waals surface area contributed by atoms with E-state index in [-0.39, 0.29) is 6.09 Å². The number of nitrogens with one attached hydrogen (secondary N) is 1. The van der Waals surface area contributed by atoms with Crippen molar-refractivity contribution in [2.45, 2.75) is 45.8 Å². The largest absolute Gasteiger partial charge is 0.444 e. The van der Waals surface area contributed by atoms with Crippen molar-refractivity contribution >= 4 is 6.09 Å². The normalized spacial score (nSPS) is 17.4. The Morgan fingerprint density at radius 1 is 1.32 bits per heavy atom. The number of hydrogen-bond acceptors (Lipinski definition) is 5. The smallest absolute Gasteiger partial charge is 0.410 e. The van der Waals surface area contributed by atoms with E-state index in [1.54, 1.807) is 6.20 Å². The van der Waals surface area contributed by atoms with Crippen molar-refractivity contribution in [1.82, 2.24) is 20.1 Å². The Labute approximate surface area is 151 Å². The number of hydrogen-bond donors (Lipinski definition) is 1. The Hall–Kier alpha value is -1.66. The van der Waals surface area contributed by atoms with E-state index in [0.29, 0.717) is 6.04 Å². The zero-order valence-corrected chi connectivity index (χ0v) is 16.0. The molecular formula is C19H32N4O2. The maximum atomic E-state index is 12.1. The van der Waals surface area contributed by atoms with Crippen LogP contribution in [0.5, 0.6) is 0 Å². The number of carbonyl (C=O) groups excluding carboxylic acids is 1. The van der Waals surface area contributed by atoms with Crippen molar-refractivity contribution in [3.8, 4) is 0 Å². The van der Waals surface area contributed by atoms with E-state index in [0.717, 1.165) is 45.7 Å². The van der Waals surface area contributed by atoms with Crippen molar-refractivity contribution in [2.24, 2.45) is 0 Å². The molecule has 0 spiro atoms. The summed E-state index contributed by atoms with van der Waals surface area (Å²) >= 11 is 0. The SMILES string of the molecule is CC(NCCCN1CCN(C(=O)OC(C)(C)C)CC1)c1cccnc1. The Balaban J connectivity index is 1.60. The fraction of sp³-hybridized carbons (Fsp3) is 0.684. The van der Waals surface area contributed by atoms with Crippen LogP contribution in [0.15, 0.2) is 24.5 Å². The lowest BCUT2D eigenvalue weighted by Crippen LogP contribution is -2.50. The molecule has 0 radical (unpaired) electrons. The standard InChI is InChI=1S/C19H32N4O2/c1-16(17-7-5-8-20-15-17)21-9-6-10-22-11-13-23(14-12-22)18(24)25-19(2,3)4/h5,7-8,15-16,21H,6,9-14H2,1-4H3. The second-order valence-electron chi connectivity index (χ2n) is 7.62. The first-order valence-corrected chi connectivity index (χ1v) is 9.19. The molecule has 1 aromatic rings. The summed E-state index contributed by atoms with van der Waals surface area (Å²) < 4.78 is 5.43. The van der Waals surface area contributed by atoms with Gasteiger partial charge in [-0.3, -0.25) is 9.88 Å². The van der Waals surface area contributed by atoms with Gasteiger partial charge in [-0.05, 0) is 58.8 Å². The maximum Gasteiger partial charge on any atom is 0.410 e. The molecule has 6 heteroatoms. The van der Waals surface area contributed by atoms with Crippen LogP contribution in [0.2, 0.25) is 0 Å². The van der Waals surface area contributed by atoms with Crippen LogP contribution in [0, 0.1) is 0 Å². The van der Waals surface area contributed by atoms with Crippen LogP contribution in [0.4, 0.5) is 4.79 Å². The van der Waals surface area contributed by atoms with Gasteiger partial charge in [0, 0.05) is 44.6 Å². The fourth-order valence-electron chi connectivity index (χ4n) is 2.85. The molecule has 1 aliphatic heterocycles. The second kappa shape index (κ2) is 9.15. The molecule has 25 heavy (non-hydrogen) atoms. The number of nitrogens with zero attached hydrogens (tertiary/aromatic N) is 3. The van der Waals surface area contributed by atoms with E-state index in [2.05, 4.69) is 28.2 Å². The van der Waals surface area contributed by atoms with Crippen molar-refractivity contribution < 1.29 is 9.53 Å². The minimum Gasteiger partial charge on any atom is -0.444 e. The Kier molecular flexibility index (Phi) is 7.20. The summed E-state index contributed by atoms with van der Waals surface area (Å²) in [6, 6.07) is 4.39. The van der Waals surface area contributed by atoms with Gasteiger partial charge in [-0.15, -0.1) is 0 Å². The van der Waals surface area contributed by atoms with Gasteiger partial charge in [0.05, 0.1) is 0 Å². The molecule has 1 N–H and O–H groups in total. The van der Waals surface area contributed by atoms with Gasteiger partial charge in [-0.2, -0.15) is 0 Å². The quantitative estimate of drug-likeness (QED) is 0.801. The molecular weight excluding hydrogens is 316 g/mol. The molecule has 1 fully saturated rings. The minimum atomic E-state index is -0.426. The molecule has 0 saturated carbocycles. The van der Waals surface area contributed by atoms with Gasteiger partial charge in [-0.1, -0.05) is 6.07 Å². The number of ether oxygens (including phenoxy) is 1. The molecule has 0 bridgehead atoms. The first-order valence-electron chi connectivity index (χ1n) is 9.19. The van der Waals surface area contributed by atoms with Gasteiger partial charge >= 0.3 is 6.09 Å². The van der Waals surface area contributed by atoms with Gasteiger partial charge in [0.2, 0.25) is 0 Å². The second-order valence-corrected chi connectivity index (χ2v) is 7.62. The number of aromatic nitrogens is 1. The number of amides is 1. The van der Waals surface area contributed by atoms with Crippen molar-refractivity contribution in [2.75, 3.05) is 39.3 Å². The molecule has 0 aromatic carbocycles. The van der Waals surface area contributed by atoms with Crippen LogP contribution in [0.25, 0.3) is 0 Å². The van der Waals surface area contributed by atoms with Gasteiger partial charge in [0.1, 0.15) is 5.60 Å². The van der Waals surface area contributed by atoms with E-state index < -0.39 is 5.60 Å². The predicted molar refractivity (Wildman–Crippen MR) is 99.5 cm³/mol. The average Bonchev–Trinajstić information content (AvgIpc) is 2.58. The lowest BCUT2D eigenvalue weighted by molar-refractivity contribution is 0.0144. The van der Waals surface area contributed by atoms with Crippen LogP contribution >= 0.6 is 0 Å². The molecule has 6 nitrogen and oxygen atoms in total. The van der Waals surface area contributed by atoms with Crippen LogP contribution in [-0.2, 0) is 4.74 Å².